The van der Waals surface area contributed by atoms with Crippen LogP contribution in [0.1, 0.15) is 22.8 Å². The second kappa shape index (κ2) is 8.27. The third kappa shape index (κ3) is 6.11. The summed E-state index contributed by atoms with van der Waals surface area (Å²) in [5.41, 5.74) is -2.73. The minimum Gasteiger partial charge on any atom is -0.342 e. The van der Waals surface area contributed by atoms with Gasteiger partial charge in [0.1, 0.15) is 0 Å². The molecule has 0 spiro atoms. The van der Waals surface area contributed by atoms with Crippen LogP contribution in [0, 0.1) is 0 Å². The van der Waals surface area contributed by atoms with E-state index in [-0.39, 0.29) is 28.1 Å². The van der Waals surface area contributed by atoms with Crippen LogP contribution in [0.15, 0.2) is 53.4 Å². The Kier molecular flexibility index (Phi) is 6.31. The molecule has 1 N–H and O–H groups in total. The maximum Gasteiger partial charge on any atom is 0.446 e. The monoisotopic (exact) mass is 382 g/mol. The van der Waals surface area contributed by atoms with E-state index in [4.69, 9.17) is 0 Å². The van der Waals surface area contributed by atoms with Gasteiger partial charge in [-0.1, -0.05) is 12.1 Å². The number of rotatable bonds is 5. The van der Waals surface area contributed by atoms with Crippen molar-refractivity contribution in [1.82, 2.24) is 4.90 Å². The maximum absolute atomic E-state index is 12.3. The lowest BCUT2D eigenvalue weighted by Crippen LogP contribution is -2.23. The highest BCUT2D eigenvalue weighted by Crippen LogP contribution is 2.36. The Bertz CT molecular complexity index is 792. The highest BCUT2D eigenvalue weighted by molar-refractivity contribution is 8.00. The van der Waals surface area contributed by atoms with Gasteiger partial charge in [-0.2, -0.15) is 13.2 Å². The van der Waals surface area contributed by atoms with Gasteiger partial charge >= 0.3 is 5.51 Å². The van der Waals surface area contributed by atoms with E-state index in [9.17, 15) is 22.8 Å². The number of alkyl halides is 3. The van der Waals surface area contributed by atoms with Crippen molar-refractivity contribution < 1.29 is 22.8 Å². The Hall–Kier alpha value is -2.48. The number of hydrogen-bond donors (Lipinski definition) is 1. The Morgan fingerprint density at radius 3 is 2.35 bits per heavy atom. The average molecular weight is 382 g/mol. The van der Waals surface area contributed by atoms with Crippen LogP contribution in [-0.4, -0.2) is 29.3 Å². The number of nitrogens with zero attached hydrogens (tertiary/aromatic N) is 1. The lowest BCUT2D eigenvalue weighted by Gasteiger charge is -2.15. The van der Waals surface area contributed by atoms with Gasteiger partial charge in [0.15, 0.2) is 0 Å². The molecule has 0 heterocycles. The zero-order valence-corrected chi connectivity index (χ0v) is 14.9. The van der Waals surface area contributed by atoms with E-state index in [1.807, 2.05) is 6.07 Å². The molecule has 2 rings (SSSR count). The molecule has 2 aromatic carbocycles. The van der Waals surface area contributed by atoms with Crippen LogP contribution in [0.4, 0.5) is 18.9 Å². The molecule has 0 unspecified atom stereocenters. The van der Waals surface area contributed by atoms with Gasteiger partial charge < -0.3 is 10.2 Å². The summed E-state index contributed by atoms with van der Waals surface area (Å²) in [4.78, 5) is 25.1. The van der Waals surface area contributed by atoms with Gasteiger partial charge in [0.25, 0.3) is 5.91 Å². The molecular formula is C18H17F3N2O2S. The molecule has 0 saturated carbocycles. The first-order valence-corrected chi connectivity index (χ1v) is 8.43. The van der Waals surface area contributed by atoms with Crippen molar-refractivity contribution in [3.8, 4) is 0 Å². The quantitative estimate of drug-likeness (QED) is 0.773. The largest absolute Gasteiger partial charge is 0.446 e. The number of carbonyl (C=O) groups is 2. The van der Waals surface area contributed by atoms with Crippen molar-refractivity contribution in [2.24, 2.45) is 0 Å². The third-order valence-electron chi connectivity index (χ3n) is 3.49. The number of anilines is 1. The lowest BCUT2D eigenvalue weighted by molar-refractivity contribution is -0.128. The lowest BCUT2D eigenvalue weighted by atomic mass is 10.1. The number of hydrogen-bond acceptors (Lipinski definition) is 3. The van der Waals surface area contributed by atoms with Crippen LogP contribution in [0.25, 0.3) is 0 Å². The smallest absolute Gasteiger partial charge is 0.342 e. The van der Waals surface area contributed by atoms with Crippen LogP contribution in [0.2, 0.25) is 0 Å². The molecule has 0 atom stereocenters. The van der Waals surface area contributed by atoms with E-state index in [0.29, 0.717) is 12.2 Å². The topological polar surface area (TPSA) is 49.4 Å². The first-order chi connectivity index (χ1) is 12.1. The summed E-state index contributed by atoms with van der Waals surface area (Å²) in [5.74, 6) is -0.498. The van der Waals surface area contributed by atoms with Crippen molar-refractivity contribution in [1.29, 1.82) is 0 Å². The van der Waals surface area contributed by atoms with Gasteiger partial charge in [-0.3, -0.25) is 9.59 Å². The highest BCUT2D eigenvalue weighted by Gasteiger charge is 2.29. The minimum absolute atomic E-state index is 0.0170. The van der Waals surface area contributed by atoms with Crippen LogP contribution in [-0.2, 0) is 11.3 Å². The van der Waals surface area contributed by atoms with Gasteiger partial charge in [0, 0.05) is 36.7 Å². The van der Waals surface area contributed by atoms with Gasteiger partial charge in [-0.25, -0.2) is 0 Å². The number of thioether (sulfide) groups is 1. The summed E-state index contributed by atoms with van der Waals surface area (Å²) in [5, 5.41) is 2.70. The van der Waals surface area contributed by atoms with Crippen LogP contribution in [0.3, 0.4) is 0 Å². The number of carbonyl (C=O) groups excluding carboxylic acids is 2. The van der Waals surface area contributed by atoms with E-state index in [1.54, 1.807) is 25.2 Å². The molecule has 0 saturated heterocycles. The third-order valence-corrected chi connectivity index (χ3v) is 4.23. The van der Waals surface area contributed by atoms with Crippen molar-refractivity contribution >= 4 is 29.3 Å². The summed E-state index contributed by atoms with van der Waals surface area (Å²) in [6, 6.07) is 12.2. The summed E-state index contributed by atoms with van der Waals surface area (Å²) in [6.45, 7) is 1.87. The van der Waals surface area contributed by atoms with Crippen LogP contribution < -0.4 is 5.32 Å². The molecule has 0 aromatic heterocycles. The molecule has 0 radical (unpaired) electrons. The van der Waals surface area contributed by atoms with E-state index < -0.39 is 11.4 Å². The first-order valence-electron chi connectivity index (χ1n) is 7.62. The Labute approximate surface area is 153 Å². The molecule has 0 fully saturated rings. The standard InChI is InChI=1S/C18H17F3N2O2S/c1-12(24)23(2)11-13-4-3-5-15(10-13)22-17(25)14-6-8-16(9-7-14)26-18(19,20)21/h3-10H,11H2,1-2H3,(H,22,25). The van der Waals surface area contributed by atoms with Crippen molar-refractivity contribution in [3.05, 3.63) is 59.7 Å². The SMILES string of the molecule is CC(=O)N(C)Cc1cccc(NC(=O)c2ccc(SC(F)(F)F)cc2)c1. The predicted octanol–water partition coefficient (Wildman–Crippen LogP) is 4.53. The van der Waals surface area contributed by atoms with E-state index in [0.717, 1.165) is 5.56 Å². The van der Waals surface area contributed by atoms with Gasteiger partial charge in [-0.15, -0.1) is 0 Å². The van der Waals surface area contributed by atoms with E-state index in [1.165, 1.54) is 36.1 Å². The fraction of sp³-hybridized carbons (Fsp3) is 0.222. The second-order valence-corrected chi connectivity index (χ2v) is 6.74. The molecule has 26 heavy (non-hydrogen) atoms. The Morgan fingerprint density at radius 1 is 1.12 bits per heavy atom. The Morgan fingerprint density at radius 2 is 1.77 bits per heavy atom. The van der Waals surface area contributed by atoms with Crippen molar-refractivity contribution in [3.63, 3.8) is 0 Å². The number of nitrogens with one attached hydrogen (secondary N) is 1. The second-order valence-electron chi connectivity index (χ2n) is 5.60. The fourth-order valence-electron chi connectivity index (χ4n) is 2.14. The van der Waals surface area contributed by atoms with Crippen LogP contribution >= 0.6 is 11.8 Å². The number of halogens is 3. The van der Waals surface area contributed by atoms with Gasteiger partial charge in [0.05, 0.1) is 0 Å². The molecule has 4 nitrogen and oxygen atoms in total. The number of amides is 2. The Balaban J connectivity index is 2.04. The van der Waals surface area contributed by atoms with Crippen LogP contribution in [0.5, 0.6) is 0 Å². The summed E-state index contributed by atoms with van der Waals surface area (Å²) >= 11 is -0.229. The van der Waals surface area contributed by atoms with Gasteiger partial charge in [-0.05, 0) is 53.7 Å². The van der Waals surface area contributed by atoms with Crippen molar-refractivity contribution in [2.75, 3.05) is 12.4 Å². The zero-order chi connectivity index (χ0) is 19.3. The molecular weight excluding hydrogens is 365 g/mol. The van der Waals surface area contributed by atoms with E-state index >= 15 is 0 Å². The van der Waals surface area contributed by atoms with Gasteiger partial charge in [0.2, 0.25) is 5.91 Å². The van der Waals surface area contributed by atoms with Crippen molar-refractivity contribution in [2.45, 2.75) is 23.9 Å². The average Bonchev–Trinajstić information content (AvgIpc) is 2.54. The normalized spacial score (nSPS) is 11.1. The molecule has 0 aliphatic carbocycles. The predicted molar refractivity (Wildman–Crippen MR) is 94.9 cm³/mol. The molecule has 2 aromatic rings. The highest BCUT2D eigenvalue weighted by atomic mass is 32.2. The minimum atomic E-state index is -4.36. The number of benzene rings is 2. The molecule has 138 valence electrons. The maximum atomic E-state index is 12.3. The van der Waals surface area contributed by atoms with E-state index in [2.05, 4.69) is 5.32 Å². The zero-order valence-electron chi connectivity index (χ0n) is 14.1. The summed E-state index contributed by atoms with van der Waals surface area (Å²) < 4.78 is 37.0. The molecule has 8 heteroatoms. The molecule has 0 aliphatic rings. The molecule has 2 amide bonds. The summed E-state index contributed by atoms with van der Waals surface area (Å²) in [7, 11) is 1.67. The molecule has 0 bridgehead atoms. The first kappa shape index (κ1) is 19.8. The molecule has 0 aliphatic heterocycles. The summed E-state index contributed by atoms with van der Waals surface area (Å²) in [6.07, 6.45) is 0. The fourth-order valence-corrected chi connectivity index (χ4v) is 2.68.